The summed E-state index contributed by atoms with van der Waals surface area (Å²) in [6.45, 7) is 5.21. The quantitative estimate of drug-likeness (QED) is 0.670. The molecule has 110 valence electrons. The summed E-state index contributed by atoms with van der Waals surface area (Å²) in [5, 5.41) is 0. The van der Waals surface area contributed by atoms with Crippen LogP contribution in [0.3, 0.4) is 0 Å². The fourth-order valence-electron chi connectivity index (χ4n) is 1.94. The number of hydrogen-bond donors (Lipinski definition) is 1. The molecule has 21 heavy (non-hydrogen) atoms. The molecule has 2 rings (SSSR count). The third-order valence-electron chi connectivity index (χ3n) is 2.86. The van der Waals surface area contributed by atoms with Crippen LogP contribution in [0.2, 0.25) is 0 Å². The molecule has 2 N–H and O–H groups in total. The summed E-state index contributed by atoms with van der Waals surface area (Å²) in [7, 11) is 0. The lowest BCUT2D eigenvalue weighted by Crippen LogP contribution is -2.24. The van der Waals surface area contributed by atoms with Crippen LogP contribution >= 0.6 is 0 Å². The number of carbonyl (C=O) groups excluding carboxylic acids is 1. The lowest BCUT2D eigenvalue weighted by atomic mass is 10.0. The molecule has 0 bridgehead atoms. The van der Waals surface area contributed by atoms with E-state index in [-0.39, 0.29) is 5.56 Å². The molecule has 0 spiro atoms. The lowest BCUT2D eigenvalue weighted by Gasteiger charge is -2.19. The Balaban J connectivity index is 2.34. The van der Waals surface area contributed by atoms with Crippen molar-refractivity contribution in [3.05, 3.63) is 53.8 Å². The van der Waals surface area contributed by atoms with E-state index in [1.54, 1.807) is 39.0 Å². The molecule has 0 aliphatic heterocycles. The van der Waals surface area contributed by atoms with E-state index in [0.29, 0.717) is 11.3 Å². The number of anilines is 1. The predicted octanol–water partition coefficient (Wildman–Crippen LogP) is 4.03. The highest BCUT2D eigenvalue weighted by Gasteiger charge is 2.21. The van der Waals surface area contributed by atoms with Gasteiger partial charge in [-0.3, -0.25) is 0 Å². The first kappa shape index (κ1) is 15.0. The lowest BCUT2D eigenvalue weighted by molar-refractivity contribution is 0.00648. The van der Waals surface area contributed by atoms with Crippen molar-refractivity contribution in [2.75, 3.05) is 5.73 Å². The van der Waals surface area contributed by atoms with Gasteiger partial charge in [0.2, 0.25) is 0 Å². The molecular formula is C17H18FNO2. The molecule has 0 heterocycles. The fraction of sp³-hybridized carbons (Fsp3) is 0.235. The Morgan fingerprint density at radius 2 is 1.81 bits per heavy atom. The van der Waals surface area contributed by atoms with Gasteiger partial charge in [-0.1, -0.05) is 24.3 Å². The second-order valence-corrected chi connectivity index (χ2v) is 5.78. The van der Waals surface area contributed by atoms with Crippen LogP contribution in [-0.2, 0) is 4.74 Å². The van der Waals surface area contributed by atoms with Crippen LogP contribution in [0.15, 0.2) is 42.5 Å². The molecule has 2 aromatic rings. The minimum atomic E-state index is -0.674. The van der Waals surface area contributed by atoms with E-state index in [9.17, 15) is 9.18 Å². The van der Waals surface area contributed by atoms with Crippen LogP contribution in [0.5, 0.6) is 0 Å². The summed E-state index contributed by atoms with van der Waals surface area (Å²) < 4.78 is 19.3. The zero-order valence-corrected chi connectivity index (χ0v) is 12.3. The smallest absolute Gasteiger partial charge is 0.341 e. The maximum Gasteiger partial charge on any atom is 0.341 e. The number of esters is 1. The Morgan fingerprint density at radius 1 is 1.14 bits per heavy atom. The van der Waals surface area contributed by atoms with Gasteiger partial charge in [-0.25, -0.2) is 9.18 Å². The summed E-state index contributed by atoms with van der Waals surface area (Å²) in [6.07, 6.45) is 0. The standard InChI is InChI=1S/C17H18FNO2/c1-17(2,3)21-16(20)13-9-8-11(10-14(13)18)12-6-4-5-7-15(12)19/h4-10H,19H2,1-3H3. The number of ether oxygens (including phenoxy) is 1. The normalized spacial score (nSPS) is 11.2. The van der Waals surface area contributed by atoms with Gasteiger partial charge in [-0.2, -0.15) is 0 Å². The number of carbonyl (C=O) groups is 1. The molecule has 0 atom stereocenters. The van der Waals surface area contributed by atoms with Gasteiger partial charge in [-0.15, -0.1) is 0 Å². The van der Waals surface area contributed by atoms with Gasteiger partial charge in [0.15, 0.2) is 0 Å². The van der Waals surface area contributed by atoms with E-state index in [1.807, 2.05) is 12.1 Å². The topological polar surface area (TPSA) is 52.3 Å². The third kappa shape index (κ3) is 3.60. The molecule has 0 unspecified atom stereocenters. The number of halogens is 1. The second kappa shape index (κ2) is 5.56. The van der Waals surface area contributed by atoms with Crippen LogP contribution in [0.4, 0.5) is 10.1 Å². The number of rotatable bonds is 2. The van der Waals surface area contributed by atoms with Gasteiger partial charge in [-0.05, 0) is 44.5 Å². The van der Waals surface area contributed by atoms with E-state index in [2.05, 4.69) is 0 Å². The van der Waals surface area contributed by atoms with Crippen molar-refractivity contribution in [2.24, 2.45) is 0 Å². The largest absolute Gasteiger partial charge is 0.456 e. The minimum Gasteiger partial charge on any atom is -0.456 e. The van der Waals surface area contributed by atoms with Gasteiger partial charge < -0.3 is 10.5 Å². The predicted molar refractivity (Wildman–Crippen MR) is 81.4 cm³/mol. The highest BCUT2D eigenvalue weighted by Crippen LogP contribution is 2.27. The molecule has 0 radical (unpaired) electrons. The number of nitrogen functional groups attached to an aromatic ring is 1. The molecule has 0 amide bonds. The molecule has 2 aromatic carbocycles. The molecule has 4 heteroatoms. The van der Waals surface area contributed by atoms with Crippen LogP contribution in [0.1, 0.15) is 31.1 Å². The van der Waals surface area contributed by atoms with E-state index in [1.165, 1.54) is 12.1 Å². The monoisotopic (exact) mass is 287 g/mol. The Kier molecular flexibility index (Phi) is 3.98. The Labute approximate surface area is 123 Å². The first-order valence-electron chi connectivity index (χ1n) is 6.66. The van der Waals surface area contributed by atoms with E-state index >= 15 is 0 Å². The zero-order chi connectivity index (χ0) is 15.6. The van der Waals surface area contributed by atoms with E-state index in [0.717, 1.165) is 5.56 Å². The van der Waals surface area contributed by atoms with Gasteiger partial charge >= 0.3 is 5.97 Å². The Bertz CT molecular complexity index is 675. The molecule has 0 saturated heterocycles. The van der Waals surface area contributed by atoms with Gasteiger partial charge in [0.05, 0.1) is 5.56 Å². The fourth-order valence-corrected chi connectivity index (χ4v) is 1.94. The molecule has 0 aromatic heterocycles. The third-order valence-corrected chi connectivity index (χ3v) is 2.86. The summed E-state index contributed by atoms with van der Waals surface area (Å²) in [5.41, 5.74) is 7.04. The maximum absolute atomic E-state index is 14.2. The zero-order valence-electron chi connectivity index (χ0n) is 12.3. The van der Waals surface area contributed by atoms with Crippen molar-refractivity contribution in [2.45, 2.75) is 26.4 Å². The average molecular weight is 287 g/mol. The highest BCUT2D eigenvalue weighted by atomic mass is 19.1. The molecule has 0 saturated carbocycles. The summed E-state index contributed by atoms with van der Waals surface area (Å²) in [4.78, 5) is 11.9. The van der Waals surface area contributed by atoms with Crippen molar-refractivity contribution in [1.29, 1.82) is 0 Å². The number of benzene rings is 2. The van der Waals surface area contributed by atoms with Gasteiger partial charge in [0.25, 0.3) is 0 Å². The van der Waals surface area contributed by atoms with Crippen molar-refractivity contribution in [1.82, 2.24) is 0 Å². The molecule has 3 nitrogen and oxygen atoms in total. The van der Waals surface area contributed by atoms with Crippen molar-refractivity contribution < 1.29 is 13.9 Å². The number of hydrogen-bond acceptors (Lipinski definition) is 3. The SMILES string of the molecule is CC(C)(C)OC(=O)c1ccc(-c2ccccc2N)cc1F. The van der Waals surface area contributed by atoms with E-state index in [4.69, 9.17) is 10.5 Å². The van der Waals surface area contributed by atoms with Crippen LogP contribution < -0.4 is 5.73 Å². The first-order chi connectivity index (χ1) is 9.78. The van der Waals surface area contributed by atoms with Gasteiger partial charge in [0, 0.05) is 11.3 Å². The van der Waals surface area contributed by atoms with Crippen molar-refractivity contribution in [3.8, 4) is 11.1 Å². The Hall–Kier alpha value is -2.36. The first-order valence-corrected chi connectivity index (χ1v) is 6.66. The molecule has 0 fully saturated rings. The molecular weight excluding hydrogens is 269 g/mol. The number of nitrogens with two attached hydrogens (primary N) is 1. The van der Waals surface area contributed by atoms with Crippen LogP contribution in [0, 0.1) is 5.82 Å². The van der Waals surface area contributed by atoms with Gasteiger partial charge in [0.1, 0.15) is 11.4 Å². The minimum absolute atomic E-state index is 0.0804. The van der Waals surface area contributed by atoms with Crippen molar-refractivity contribution in [3.63, 3.8) is 0 Å². The summed E-state index contributed by atoms with van der Waals surface area (Å²) in [6, 6.07) is 11.6. The summed E-state index contributed by atoms with van der Waals surface area (Å²) >= 11 is 0. The second-order valence-electron chi connectivity index (χ2n) is 5.78. The summed E-state index contributed by atoms with van der Waals surface area (Å²) in [5.74, 6) is -1.29. The van der Waals surface area contributed by atoms with E-state index < -0.39 is 17.4 Å². The maximum atomic E-state index is 14.2. The molecule has 0 aliphatic rings. The average Bonchev–Trinajstić information content (AvgIpc) is 2.37. The Morgan fingerprint density at radius 3 is 2.38 bits per heavy atom. The van der Waals surface area contributed by atoms with Crippen LogP contribution in [-0.4, -0.2) is 11.6 Å². The highest BCUT2D eigenvalue weighted by molar-refractivity contribution is 5.91. The van der Waals surface area contributed by atoms with Crippen LogP contribution in [0.25, 0.3) is 11.1 Å². The molecule has 0 aliphatic carbocycles. The van der Waals surface area contributed by atoms with Crippen molar-refractivity contribution >= 4 is 11.7 Å². The number of para-hydroxylation sites is 1.